The number of ether oxygens (including phenoxy) is 2. The van der Waals surface area contributed by atoms with Crippen molar-refractivity contribution in [3.63, 3.8) is 0 Å². The van der Waals surface area contributed by atoms with Crippen LogP contribution in [0.15, 0.2) is 91.0 Å². The number of hydrogen-bond acceptors (Lipinski definition) is 3. The Kier molecular flexibility index (Phi) is 4.06. The summed E-state index contributed by atoms with van der Waals surface area (Å²) in [4.78, 5) is 2.46. The fourth-order valence-corrected chi connectivity index (χ4v) is 5.68. The highest BCUT2D eigenvalue weighted by Crippen LogP contribution is 2.59. The molecule has 0 aliphatic carbocycles. The maximum absolute atomic E-state index is 6.95. The van der Waals surface area contributed by atoms with Gasteiger partial charge in [-0.3, -0.25) is 4.90 Å². The molecule has 6 rings (SSSR count). The Morgan fingerprint density at radius 1 is 0.839 bits per heavy atom. The first-order valence-corrected chi connectivity index (χ1v) is 11.1. The summed E-state index contributed by atoms with van der Waals surface area (Å²) >= 11 is 0. The molecule has 156 valence electrons. The highest BCUT2D eigenvalue weighted by molar-refractivity contribution is 5.87. The molecule has 3 aliphatic rings. The van der Waals surface area contributed by atoms with Crippen molar-refractivity contribution in [3.05, 3.63) is 102 Å². The molecule has 0 bridgehead atoms. The number of benzene rings is 3. The predicted octanol–water partition coefficient (Wildman–Crippen LogP) is 6.24. The number of rotatable bonds is 2. The molecule has 0 radical (unpaired) electrons. The lowest BCUT2D eigenvalue weighted by atomic mass is 9.70. The summed E-state index contributed by atoms with van der Waals surface area (Å²) in [5.41, 5.74) is 4.14. The SMILES string of the molecule is CC1(C)C[C@]23Oc4ccccc4N2C(c2ccccc2)=C[C@H](c2ccccc2)[C@@H]3CO1. The summed E-state index contributed by atoms with van der Waals surface area (Å²) in [5, 5.41) is 0. The van der Waals surface area contributed by atoms with E-state index in [2.05, 4.69) is 110 Å². The lowest BCUT2D eigenvalue weighted by molar-refractivity contribution is -0.165. The van der Waals surface area contributed by atoms with E-state index in [0.29, 0.717) is 6.61 Å². The average Bonchev–Trinajstić information content (AvgIpc) is 3.11. The molecule has 0 saturated carbocycles. The molecule has 0 N–H and O–H groups in total. The Labute approximate surface area is 183 Å². The summed E-state index contributed by atoms with van der Waals surface area (Å²) in [6.07, 6.45) is 3.23. The first-order chi connectivity index (χ1) is 15.1. The Morgan fingerprint density at radius 2 is 1.52 bits per heavy atom. The second-order valence-corrected chi connectivity index (χ2v) is 9.46. The third-order valence-corrected chi connectivity index (χ3v) is 6.95. The Morgan fingerprint density at radius 3 is 2.29 bits per heavy atom. The van der Waals surface area contributed by atoms with Crippen molar-refractivity contribution in [2.24, 2.45) is 5.92 Å². The van der Waals surface area contributed by atoms with Crippen LogP contribution in [-0.4, -0.2) is 17.9 Å². The predicted molar refractivity (Wildman–Crippen MR) is 124 cm³/mol. The van der Waals surface area contributed by atoms with Crippen LogP contribution in [0, 0.1) is 5.92 Å². The zero-order valence-electron chi connectivity index (χ0n) is 18.0. The molecule has 1 saturated heterocycles. The molecule has 1 fully saturated rings. The molecule has 0 unspecified atom stereocenters. The van der Waals surface area contributed by atoms with Crippen LogP contribution in [0.2, 0.25) is 0 Å². The number of hydrogen-bond donors (Lipinski definition) is 0. The van der Waals surface area contributed by atoms with Gasteiger partial charge in [0, 0.05) is 18.0 Å². The Bertz CT molecular complexity index is 1140. The van der Waals surface area contributed by atoms with Crippen molar-refractivity contribution in [1.29, 1.82) is 0 Å². The fraction of sp³-hybridized carbons (Fsp3) is 0.286. The monoisotopic (exact) mass is 409 g/mol. The van der Waals surface area contributed by atoms with E-state index in [1.807, 2.05) is 0 Å². The molecule has 3 aromatic rings. The van der Waals surface area contributed by atoms with Gasteiger partial charge in [-0.2, -0.15) is 0 Å². The van der Waals surface area contributed by atoms with E-state index < -0.39 is 5.72 Å². The quantitative estimate of drug-likeness (QED) is 0.500. The molecular weight excluding hydrogens is 382 g/mol. The summed E-state index contributed by atoms with van der Waals surface area (Å²) < 4.78 is 13.3. The molecule has 3 aliphatic heterocycles. The van der Waals surface area contributed by atoms with Crippen LogP contribution in [-0.2, 0) is 4.74 Å². The third kappa shape index (κ3) is 2.84. The van der Waals surface area contributed by atoms with Crippen molar-refractivity contribution >= 4 is 11.4 Å². The van der Waals surface area contributed by atoms with Gasteiger partial charge in [-0.25, -0.2) is 0 Å². The molecule has 3 aromatic carbocycles. The maximum atomic E-state index is 6.95. The van der Waals surface area contributed by atoms with Gasteiger partial charge in [0.2, 0.25) is 0 Å². The lowest BCUT2D eigenvalue weighted by Crippen LogP contribution is -2.65. The number of fused-ring (bicyclic) bond motifs is 2. The van der Waals surface area contributed by atoms with E-state index in [4.69, 9.17) is 9.47 Å². The van der Waals surface area contributed by atoms with Gasteiger partial charge in [0.25, 0.3) is 0 Å². The smallest absolute Gasteiger partial charge is 0.196 e. The minimum atomic E-state index is -0.480. The Balaban J connectivity index is 1.62. The van der Waals surface area contributed by atoms with Gasteiger partial charge in [-0.15, -0.1) is 0 Å². The second kappa shape index (κ2) is 6.73. The summed E-state index contributed by atoms with van der Waals surface area (Å²) in [7, 11) is 0. The molecule has 3 heterocycles. The van der Waals surface area contributed by atoms with E-state index in [1.54, 1.807) is 0 Å². The minimum absolute atomic E-state index is 0.183. The molecule has 0 amide bonds. The highest BCUT2D eigenvalue weighted by atomic mass is 16.6. The highest BCUT2D eigenvalue weighted by Gasteiger charge is 2.62. The molecule has 1 spiro atoms. The maximum Gasteiger partial charge on any atom is 0.196 e. The zero-order valence-corrected chi connectivity index (χ0v) is 18.0. The summed E-state index contributed by atoms with van der Waals surface area (Å²) in [6.45, 7) is 5.02. The summed E-state index contributed by atoms with van der Waals surface area (Å²) in [5.74, 6) is 1.35. The van der Waals surface area contributed by atoms with Gasteiger partial charge in [0.15, 0.2) is 5.72 Å². The molecule has 3 nitrogen and oxygen atoms in total. The van der Waals surface area contributed by atoms with Crippen molar-refractivity contribution in [1.82, 2.24) is 0 Å². The minimum Gasteiger partial charge on any atom is -0.465 e. The van der Waals surface area contributed by atoms with Crippen molar-refractivity contribution in [2.45, 2.75) is 37.5 Å². The lowest BCUT2D eigenvalue weighted by Gasteiger charge is -2.56. The number of allylic oxidation sites excluding steroid dienone is 1. The zero-order chi connectivity index (χ0) is 21.1. The molecule has 3 atom stereocenters. The number of nitrogens with zero attached hydrogens (tertiary/aromatic N) is 1. The van der Waals surface area contributed by atoms with Crippen LogP contribution >= 0.6 is 0 Å². The van der Waals surface area contributed by atoms with Gasteiger partial charge in [-0.05, 0) is 37.1 Å². The van der Waals surface area contributed by atoms with Gasteiger partial charge in [0.1, 0.15) is 5.75 Å². The van der Waals surface area contributed by atoms with E-state index in [-0.39, 0.29) is 17.4 Å². The molecule has 31 heavy (non-hydrogen) atoms. The first kappa shape index (κ1) is 18.7. The van der Waals surface area contributed by atoms with Gasteiger partial charge >= 0.3 is 0 Å². The summed E-state index contributed by atoms with van der Waals surface area (Å²) in [6, 6.07) is 30.0. The van der Waals surface area contributed by atoms with E-state index in [9.17, 15) is 0 Å². The third-order valence-electron chi connectivity index (χ3n) is 6.95. The van der Waals surface area contributed by atoms with Crippen LogP contribution in [0.4, 0.5) is 5.69 Å². The van der Waals surface area contributed by atoms with E-state index in [0.717, 1.165) is 17.9 Å². The van der Waals surface area contributed by atoms with Gasteiger partial charge < -0.3 is 9.47 Å². The second-order valence-electron chi connectivity index (χ2n) is 9.46. The first-order valence-electron chi connectivity index (χ1n) is 11.1. The topological polar surface area (TPSA) is 21.7 Å². The van der Waals surface area contributed by atoms with Crippen LogP contribution in [0.5, 0.6) is 5.75 Å². The van der Waals surface area contributed by atoms with Crippen LogP contribution in [0.25, 0.3) is 5.70 Å². The number of para-hydroxylation sites is 2. The molecular formula is C28H27NO2. The largest absolute Gasteiger partial charge is 0.465 e. The average molecular weight is 410 g/mol. The van der Waals surface area contributed by atoms with E-state index in [1.165, 1.54) is 16.8 Å². The number of anilines is 1. The van der Waals surface area contributed by atoms with Crippen molar-refractivity contribution in [2.75, 3.05) is 11.5 Å². The molecule has 3 heteroatoms. The van der Waals surface area contributed by atoms with Crippen LogP contribution in [0.3, 0.4) is 0 Å². The van der Waals surface area contributed by atoms with Gasteiger partial charge in [-0.1, -0.05) is 78.9 Å². The molecule has 0 aromatic heterocycles. The van der Waals surface area contributed by atoms with E-state index >= 15 is 0 Å². The standard InChI is InChI=1S/C28H27NO2/c1-27(2)19-28-23(18-30-27)22(20-11-5-3-6-12-20)17-25(21-13-7-4-8-14-21)29(28)24-15-9-10-16-26(24)31-28/h3-17,22-23H,18-19H2,1-2H3/t22-,23+,28-/m1/s1. The van der Waals surface area contributed by atoms with Crippen molar-refractivity contribution in [3.8, 4) is 5.75 Å². The van der Waals surface area contributed by atoms with Crippen LogP contribution in [0.1, 0.15) is 37.3 Å². The van der Waals surface area contributed by atoms with Gasteiger partial charge in [0.05, 0.1) is 23.8 Å². The Hall–Kier alpha value is -3.04. The fourth-order valence-electron chi connectivity index (χ4n) is 5.68. The van der Waals surface area contributed by atoms with Crippen LogP contribution < -0.4 is 9.64 Å². The normalized spacial score (nSPS) is 28.1. The van der Waals surface area contributed by atoms with Crippen molar-refractivity contribution < 1.29 is 9.47 Å².